The molecule has 1 aromatic carbocycles. The predicted molar refractivity (Wildman–Crippen MR) is 74.2 cm³/mol. The summed E-state index contributed by atoms with van der Waals surface area (Å²) in [6.45, 7) is 1.95. The van der Waals surface area contributed by atoms with E-state index in [2.05, 4.69) is 10.3 Å². The van der Waals surface area contributed by atoms with Gasteiger partial charge in [-0.2, -0.15) is 0 Å². The Morgan fingerprint density at radius 1 is 1.32 bits per heavy atom. The van der Waals surface area contributed by atoms with Crippen molar-refractivity contribution >= 4 is 17.4 Å². The number of hydrogen-bond donors (Lipinski definition) is 1. The Bertz CT molecular complexity index is 577. The molecule has 1 atom stereocenters. The van der Waals surface area contributed by atoms with Gasteiger partial charge in [-0.1, -0.05) is 23.7 Å². The number of benzene rings is 1. The fraction of sp³-hybridized carbons (Fsp3) is 0.214. The van der Waals surface area contributed by atoms with Crippen LogP contribution in [0.3, 0.4) is 0 Å². The summed E-state index contributed by atoms with van der Waals surface area (Å²) >= 11 is 5.82. The molecule has 0 aliphatic rings. The van der Waals surface area contributed by atoms with Crippen LogP contribution in [0.15, 0.2) is 36.4 Å². The highest BCUT2D eigenvalue weighted by molar-refractivity contribution is 6.29. The Hall–Kier alpha value is -1.81. The summed E-state index contributed by atoms with van der Waals surface area (Å²) in [6.07, 6.45) is 0. The van der Waals surface area contributed by atoms with E-state index >= 15 is 0 Å². The van der Waals surface area contributed by atoms with Crippen molar-refractivity contribution in [3.8, 4) is 5.75 Å². The van der Waals surface area contributed by atoms with Crippen molar-refractivity contribution in [2.45, 2.75) is 13.0 Å². The molecule has 0 radical (unpaired) electrons. The molecule has 0 fully saturated rings. The molecule has 2 aromatic rings. The number of methoxy groups -OCH3 is 1. The van der Waals surface area contributed by atoms with Gasteiger partial charge in [0.15, 0.2) is 11.6 Å². The van der Waals surface area contributed by atoms with Crippen molar-refractivity contribution in [3.05, 3.63) is 52.9 Å². The predicted octanol–water partition coefficient (Wildman–Crippen LogP) is 4.06. The van der Waals surface area contributed by atoms with Gasteiger partial charge in [0.2, 0.25) is 0 Å². The van der Waals surface area contributed by atoms with Crippen LogP contribution in [0.4, 0.5) is 10.2 Å². The number of rotatable bonds is 4. The maximum atomic E-state index is 13.3. The van der Waals surface area contributed by atoms with Crippen molar-refractivity contribution in [3.63, 3.8) is 0 Å². The number of aromatic nitrogens is 1. The van der Waals surface area contributed by atoms with Crippen LogP contribution in [-0.2, 0) is 0 Å². The first kappa shape index (κ1) is 13.6. The number of ether oxygens (including phenoxy) is 1. The average molecular weight is 281 g/mol. The van der Waals surface area contributed by atoms with Gasteiger partial charge in [-0.15, -0.1) is 0 Å². The van der Waals surface area contributed by atoms with Crippen LogP contribution in [-0.4, -0.2) is 12.1 Å². The Morgan fingerprint density at radius 3 is 2.79 bits per heavy atom. The number of halogens is 2. The molecule has 0 aliphatic carbocycles. The molecule has 0 amide bonds. The molecular formula is C14H14ClFN2O. The minimum atomic E-state index is -0.376. The molecule has 0 aliphatic heterocycles. The maximum absolute atomic E-state index is 13.3. The maximum Gasteiger partial charge on any atom is 0.165 e. The van der Waals surface area contributed by atoms with Gasteiger partial charge in [0.1, 0.15) is 11.0 Å². The zero-order valence-corrected chi connectivity index (χ0v) is 11.4. The van der Waals surface area contributed by atoms with Crippen LogP contribution in [0.1, 0.15) is 18.5 Å². The van der Waals surface area contributed by atoms with Crippen LogP contribution < -0.4 is 10.1 Å². The SMILES string of the molecule is COc1cc(C(C)Nc2cccc(Cl)n2)ccc1F. The van der Waals surface area contributed by atoms with Crippen molar-refractivity contribution < 1.29 is 9.13 Å². The van der Waals surface area contributed by atoms with E-state index in [9.17, 15) is 4.39 Å². The zero-order valence-electron chi connectivity index (χ0n) is 10.7. The molecule has 1 aromatic heterocycles. The second-order valence-electron chi connectivity index (χ2n) is 4.11. The van der Waals surface area contributed by atoms with E-state index in [1.54, 1.807) is 18.2 Å². The second kappa shape index (κ2) is 5.89. The molecule has 1 heterocycles. The van der Waals surface area contributed by atoms with E-state index in [1.165, 1.54) is 13.2 Å². The monoisotopic (exact) mass is 280 g/mol. The summed E-state index contributed by atoms with van der Waals surface area (Å²) in [5.74, 6) is 0.521. The number of pyridine rings is 1. The minimum Gasteiger partial charge on any atom is -0.494 e. The molecular weight excluding hydrogens is 267 g/mol. The lowest BCUT2D eigenvalue weighted by Gasteiger charge is -2.16. The van der Waals surface area contributed by atoms with E-state index < -0.39 is 0 Å². The largest absolute Gasteiger partial charge is 0.494 e. The van der Waals surface area contributed by atoms with Crippen LogP contribution in [0, 0.1) is 5.82 Å². The average Bonchev–Trinajstić information content (AvgIpc) is 2.39. The van der Waals surface area contributed by atoms with E-state index in [1.807, 2.05) is 19.1 Å². The first-order valence-corrected chi connectivity index (χ1v) is 6.20. The third-order valence-corrected chi connectivity index (χ3v) is 2.97. The Morgan fingerprint density at radius 2 is 2.11 bits per heavy atom. The molecule has 0 spiro atoms. The summed E-state index contributed by atoms with van der Waals surface area (Å²) in [6, 6.07) is 10.1. The highest BCUT2D eigenvalue weighted by Crippen LogP contribution is 2.24. The lowest BCUT2D eigenvalue weighted by atomic mass is 10.1. The number of nitrogens with one attached hydrogen (secondary N) is 1. The topological polar surface area (TPSA) is 34.1 Å². The fourth-order valence-corrected chi connectivity index (χ4v) is 1.90. The summed E-state index contributed by atoms with van der Waals surface area (Å²) in [7, 11) is 1.44. The van der Waals surface area contributed by atoms with Gasteiger partial charge in [0.05, 0.1) is 13.2 Å². The van der Waals surface area contributed by atoms with Gasteiger partial charge in [0.25, 0.3) is 0 Å². The lowest BCUT2D eigenvalue weighted by molar-refractivity contribution is 0.385. The normalized spacial score (nSPS) is 12.0. The van der Waals surface area contributed by atoms with Crippen LogP contribution in [0.25, 0.3) is 0 Å². The fourth-order valence-electron chi connectivity index (χ4n) is 1.74. The number of anilines is 1. The van der Waals surface area contributed by atoms with Gasteiger partial charge in [-0.05, 0) is 36.8 Å². The van der Waals surface area contributed by atoms with Gasteiger partial charge >= 0.3 is 0 Å². The number of nitrogens with zero attached hydrogens (tertiary/aromatic N) is 1. The number of hydrogen-bond acceptors (Lipinski definition) is 3. The highest BCUT2D eigenvalue weighted by Gasteiger charge is 2.10. The third kappa shape index (κ3) is 3.35. The summed E-state index contributed by atoms with van der Waals surface area (Å²) in [5, 5.41) is 3.62. The molecule has 2 rings (SSSR count). The van der Waals surface area contributed by atoms with Crippen molar-refractivity contribution in [1.82, 2.24) is 4.98 Å². The van der Waals surface area contributed by atoms with Crippen LogP contribution in [0.2, 0.25) is 5.15 Å². The minimum absolute atomic E-state index is 0.0412. The lowest BCUT2D eigenvalue weighted by Crippen LogP contribution is -2.08. The Labute approximate surface area is 116 Å². The van der Waals surface area contributed by atoms with Crippen LogP contribution in [0.5, 0.6) is 5.75 Å². The molecule has 100 valence electrons. The van der Waals surface area contributed by atoms with E-state index in [0.29, 0.717) is 11.0 Å². The summed E-state index contributed by atoms with van der Waals surface area (Å²) in [5.41, 5.74) is 0.903. The third-order valence-electron chi connectivity index (χ3n) is 2.75. The molecule has 1 N–H and O–H groups in total. The molecule has 1 unspecified atom stereocenters. The Balaban J connectivity index is 2.18. The first-order chi connectivity index (χ1) is 9.10. The zero-order chi connectivity index (χ0) is 13.8. The van der Waals surface area contributed by atoms with E-state index in [4.69, 9.17) is 16.3 Å². The molecule has 0 saturated heterocycles. The van der Waals surface area contributed by atoms with Gasteiger partial charge < -0.3 is 10.1 Å². The van der Waals surface area contributed by atoms with Gasteiger partial charge in [-0.25, -0.2) is 9.37 Å². The first-order valence-electron chi connectivity index (χ1n) is 5.82. The quantitative estimate of drug-likeness (QED) is 0.858. The molecule has 0 bridgehead atoms. The van der Waals surface area contributed by atoms with Gasteiger partial charge in [-0.3, -0.25) is 0 Å². The molecule has 0 saturated carbocycles. The molecule has 3 nitrogen and oxygen atoms in total. The standard InChI is InChI=1S/C14H14ClFN2O/c1-9(17-14-5-3-4-13(15)18-14)10-6-7-11(16)12(8-10)19-2/h3-9H,1-2H3,(H,17,18). The summed E-state index contributed by atoms with van der Waals surface area (Å²) in [4.78, 5) is 4.15. The van der Waals surface area contributed by atoms with Crippen LogP contribution >= 0.6 is 11.6 Å². The highest BCUT2D eigenvalue weighted by atomic mass is 35.5. The van der Waals surface area contributed by atoms with Crippen molar-refractivity contribution in [1.29, 1.82) is 0 Å². The summed E-state index contributed by atoms with van der Waals surface area (Å²) < 4.78 is 18.3. The Kier molecular flexibility index (Phi) is 4.22. The second-order valence-corrected chi connectivity index (χ2v) is 4.49. The van der Waals surface area contributed by atoms with Crippen molar-refractivity contribution in [2.24, 2.45) is 0 Å². The van der Waals surface area contributed by atoms with E-state index in [-0.39, 0.29) is 17.6 Å². The van der Waals surface area contributed by atoms with Crippen molar-refractivity contribution in [2.75, 3.05) is 12.4 Å². The smallest absolute Gasteiger partial charge is 0.165 e. The van der Waals surface area contributed by atoms with E-state index in [0.717, 1.165) is 5.56 Å². The van der Waals surface area contributed by atoms with Gasteiger partial charge in [0, 0.05) is 0 Å². The molecule has 5 heteroatoms. The molecule has 19 heavy (non-hydrogen) atoms.